The molecule has 0 radical (unpaired) electrons. The maximum absolute atomic E-state index is 12.3. The Kier molecular flexibility index (Phi) is 4.11. The van der Waals surface area contributed by atoms with E-state index >= 15 is 0 Å². The molecule has 19 heavy (non-hydrogen) atoms. The van der Waals surface area contributed by atoms with E-state index in [0.29, 0.717) is 18.7 Å². The van der Waals surface area contributed by atoms with Crippen LogP contribution in [0.25, 0.3) is 0 Å². The van der Waals surface area contributed by atoms with E-state index in [1.807, 2.05) is 7.05 Å². The van der Waals surface area contributed by atoms with Crippen LogP contribution in [-0.2, 0) is 0 Å². The molecule has 0 spiro atoms. The summed E-state index contributed by atoms with van der Waals surface area (Å²) in [7, 11) is 2.03. The highest BCUT2D eigenvalue weighted by Gasteiger charge is 2.20. The standard InChI is InChI=1S/C13H17N3O3/c1-14-6-3-7-15(9-8-14)13(17)11-4-2-5-12(10-11)16(18)19/h2,4-5,10H,3,6-9H2,1H3. The number of hydrogen-bond acceptors (Lipinski definition) is 4. The Bertz CT molecular complexity index is 490. The van der Waals surface area contributed by atoms with Gasteiger partial charge in [-0.25, -0.2) is 0 Å². The summed E-state index contributed by atoms with van der Waals surface area (Å²) < 4.78 is 0. The number of nitro benzene ring substituents is 1. The molecular formula is C13H17N3O3. The van der Waals surface area contributed by atoms with E-state index in [0.717, 1.165) is 19.5 Å². The lowest BCUT2D eigenvalue weighted by atomic mass is 10.1. The molecule has 1 fully saturated rings. The average Bonchev–Trinajstić information content (AvgIpc) is 2.63. The molecule has 1 saturated heterocycles. The van der Waals surface area contributed by atoms with Gasteiger partial charge >= 0.3 is 0 Å². The van der Waals surface area contributed by atoms with Gasteiger partial charge in [0, 0.05) is 37.3 Å². The number of rotatable bonds is 2. The van der Waals surface area contributed by atoms with Crippen LogP contribution in [-0.4, -0.2) is 53.9 Å². The van der Waals surface area contributed by atoms with Gasteiger partial charge in [0.15, 0.2) is 0 Å². The Labute approximate surface area is 111 Å². The number of hydrogen-bond donors (Lipinski definition) is 0. The van der Waals surface area contributed by atoms with Gasteiger partial charge in [0.25, 0.3) is 11.6 Å². The number of carbonyl (C=O) groups excluding carboxylic acids is 1. The van der Waals surface area contributed by atoms with Crippen molar-refractivity contribution in [3.05, 3.63) is 39.9 Å². The third kappa shape index (κ3) is 3.29. The van der Waals surface area contributed by atoms with Crippen molar-refractivity contribution in [2.75, 3.05) is 33.2 Å². The van der Waals surface area contributed by atoms with Crippen LogP contribution in [0.3, 0.4) is 0 Å². The second-order valence-electron chi connectivity index (χ2n) is 4.76. The van der Waals surface area contributed by atoms with E-state index in [1.54, 1.807) is 17.0 Å². The van der Waals surface area contributed by atoms with Crippen LogP contribution in [0.1, 0.15) is 16.8 Å². The molecule has 1 amide bonds. The van der Waals surface area contributed by atoms with Crippen molar-refractivity contribution in [2.24, 2.45) is 0 Å². The van der Waals surface area contributed by atoms with Crippen LogP contribution in [0.2, 0.25) is 0 Å². The molecule has 0 unspecified atom stereocenters. The van der Waals surface area contributed by atoms with Crippen molar-refractivity contribution >= 4 is 11.6 Å². The van der Waals surface area contributed by atoms with Gasteiger partial charge in [-0.3, -0.25) is 14.9 Å². The van der Waals surface area contributed by atoms with Crippen LogP contribution < -0.4 is 0 Å². The first-order valence-corrected chi connectivity index (χ1v) is 6.30. The second-order valence-corrected chi connectivity index (χ2v) is 4.76. The predicted octanol–water partition coefficient (Wildman–Crippen LogP) is 1.37. The molecule has 6 heteroatoms. The monoisotopic (exact) mass is 263 g/mol. The summed E-state index contributed by atoms with van der Waals surface area (Å²) in [5.41, 5.74) is 0.344. The molecule has 2 rings (SSSR count). The molecule has 1 aromatic carbocycles. The average molecular weight is 263 g/mol. The van der Waals surface area contributed by atoms with Crippen LogP contribution >= 0.6 is 0 Å². The molecule has 0 aliphatic carbocycles. The summed E-state index contributed by atoms with van der Waals surface area (Å²) in [6.45, 7) is 3.17. The predicted molar refractivity (Wildman–Crippen MR) is 71.1 cm³/mol. The maximum atomic E-state index is 12.3. The van der Waals surface area contributed by atoms with Crippen molar-refractivity contribution in [1.29, 1.82) is 0 Å². The minimum atomic E-state index is -0.479. The SMILES string of the molecule is CN1CCCN(C(=O)c2cccc([N+](=O)[O-])c2)CC1. The third-order valence-electron chi connectivity index (χ3n) is 3.31. The largest absolute Gasteiger partial charge is 0.337 e. The molecule has 6 nitrogen and oxygen atoms in total. The lowest BCUT2D eigenvalue weighted by molar-refractivity contribution is -0.384. The summed E-state index contributed by atoms with van der Waals surface area (Å²) in [5.74, 6) is -0.126. The van der Waals surface area contributed by atoms with E-state index < -0.39 is 4.92 Å². The highest BCUT2D eigenvalue weighted by atomic mass is 16.6. The zero-order valence-corrected chi connectivity index (χ0v) is 10.9. The molecule has 1 aliphatic heterocycles. The zero-order chi connectivity index (χ0) is 13.8. The number of non-ortho nitro benzene ring substituents is 1. The van der Waals surface area contributed by atoms with E-state index in [-0.39, 0.29) is 11.6 Å². The fourth-order valence-electron chi connectivity index (χ4n) is 2.18. The Morgan fingerprint density at radius 1 is 1.26 bits per heavy atom. The molecule has 0 bridgehead atoms. The Balaban J connectivity index is 2.14. The van der Waals surface area contributed by atoms with Crippen molar-refractivity contribution in [2.45, 2.75) is 6.42 Å². The minimum absolute atomic E-state index is 0.0437. The summed E-state index contributed by atoms with van der Waals surface area (Å²) >= 11 is 0. The topological polar surface area (TPSA) is 66.7 Å². The zero-order valence-electron chi connectivity index (χ0n) is 10.9. The van der Waals surface area contributed by atoms with Crippen molar-refractivity contribution in [3.63, 3.8) is 0 Å². The number of benzene rings is 1. The number of nitro groups is 1. The van der Waals surface area contributed by atoms with Crippen LogP contribution in [0, 0.1) is 10.1 Å². The van der Waals surface area contributed by atoms with E-state index in [4.69, 9.17) is 0 Å². The Morgan fingerprint density at radius 2 is 2.05 bits per heavy atom. The third-order valence-corrected chi connectivity index (χ3v) is 3.31. The molecule has 102 valence electrons. The molecule has 0 N–H and O–H groups in total. The van der Waals surface area contributed by atoms with Gasteiger partial charge in [-0.05, 0) is 26.1 Å². The van der Waals surface area contributed by atoms with Crippen molar-refractivity contribution in [3.8, 4) is 0 Å². The van der Waals surface area contributed by atoms with Gasteiger partial charge in [0.05, 0.1) is 4.92 Å². The van der Waals surface area contributed by atoms with Crippen molar-refractivity contribution in [1.82, 2.24) is 9.80 Å². The van der Waals surface area contributed by atoms with Crippen LogP contribution in [0.15, 0.2) is 24.3 Å². The van der Waals surface area contributed by atoms with Gasteiger partial charge in [-0.2, -0.15) is 0 Å². The molecule has 1 aromatic rings. The first-order chi connectivity index (χ1) is 9.08. The van der Waals surface area contributed by atoms with Gasteiger partial charge in [0.2, 0.25) is 0 Å². The fourth-order valence-corrected chi connectivity index (χ4v) is 2.18. The molecule has 0 saturated carbocycles. The van der Waals surface area contributed by atoms with Gasteiger partial charge in [-0.1, -0.05) is 6.07 Å². The Hall–Kier alpha value is -1.95. The highest BCUT2D eigenvalue weighted by Crippen LogP contribution is 2.15. The van der Waals surface area contributed by atoms with Crippen LogP contribution in [0.5, 0.6) is 0 Å². The van der Waals surface area contributed by atoms with Crippen molar-refractivity contribution < 1.29 is 9.72 Å². The lowest BCUT2D eigenvalue weighted by Crippen LogP contribution is -2.34. The van der Waals surface area contributed by atoms with Gasteiger partial charge in [-0.15, -0.1) is 0 Å². The molecule has 0 atom stereocenters. The second kappa shape index (κ2) is 5.79. The summed E-state index contributed by atoms with van der Waals surface area (Å²) in [6.07, 6.45) is 0.928. The normalized spacial score (nSPS) is 17.0. The number of amides is 1. The van der Waals surface area contributed by atoms with Gasteiger partial charge < -0.3 is 9.80 Å². The first-order valence-electron chi connectivity index (χ1n) is 6.30. The smallest absolute Gasteiger partial charge is 0.270 e. The Morgan fingerprint density at radius 3 is 2.79 bits per heavy atom. The summed E-state index contributed by atoms with van der Waals surface area (Å²) in [5, 5.41) is 10.7. The number of likely N-dealkylation sites (N-methyl/N-ethyl adjacent to an activating group) is 1. The quantitative estimate of drug-likeness (QED) is 0.597. The fraction of sp³-hybridized carbons (Fsp3) is 0.462. The highest BCUT2D eigenvalue weighted by molar-refractivity contribution is 5.94. The van der Waals surface area contributed by atoms with E-state index in [1.165, 1.54) is 12.1 Å². The molecule has 0 aromatic heterocycles. The summed E-state index contributed by atoms with van der Waals surface area (Å²) in [6, 6.07) is 5.92. The van der Waals surface area contributed by atoms with E-state index in [2.05, 4.69) is 4.90 Å². The number of carbonyl (C=O) groups is 1. The molecule has 1 heterocycles. The minimum Gasteiger partial charge on any atom is -0.337 e. The van der Waals surface area contributed by atoms with Crippen LogP contribution in [0.4, 0.5) is 5.69 Å². The van der Waals surface area contributed by atoms with Gasteiger partial charge in [0.1, 0.15) is 0 Å². The lowest BCUT2D eigenvalue weighted by Gasteiger charge is -2.20. The first kappa shape index (κ1) is 13.5. The number of nitrogens with zero attached hydrogens (tertiary/aromatic N) is 3. The molecule has 1 aliphatic rings. The maximum Gasteiger partial charge on any atom is 0.270 e. The van der Waals surface area contributed by atoms with E-state index in [9.17, 15) is 14.9 Å². The molecular weight excluding hydrogens is 246 g/mol. The summed E-state index contributed by atoms with van der Waals surface area (Å²) in [4.78, 5) is 26.5.